The fraction of sp³-hybridized carbons (Fsp3) is 0.421. The number of para-hydroxylation sites is 1. The molecule has 3 nitrogen and oxygen atoms in total. The van der Waals surface area contributed by atoms with Crippen LogP contribution in [-0.4, -0.2) is 19.0 Å². The molecule has 1 amide bonds. The summed E-state index contributed by atoms with van der Waals surface area (Å²) in [7, 11) is 0. The second-order valence-electron chi connectivity index (χ2n) is 7.06. The van der Waals surface area contributed by atoms with Crippen molar-refractivity contribution in [2.75, 3.05) is 18.0 Å². The van der Waals surface area contributed by atoms with Crippen LogP contribution in [0.3, 0.4) is 0 Å². The fourth-order valence-electron chi connectivity index (χ4n) is 2.99. The number of amides is 1. The minimum atomic E-state index is -0.358. The quantitative estimate of drug-likeness (QED) is 0.919. The second-order valence-corrected chi connectivity index (χ2v) is 8.04. The van der Waals surface area contributed by atoms with Crippen LogP contribution in [0.4, 0.5) is 5.69 Å². The zero-order valence-corrected chi connectivity index (χ0v) is 14.8. The number of carbonyl (C=O) groups excluding carboxylic acids is 1. The molecule has 0 aliphatic carbocycles. The van der Waals surface area contributed by atoms with E-state index < -0.39 is 0 Å². The summed E-state index contributed by atoms with van der Waals surface area (Å²) in [6.45, 7) is 7.51. The van der Waals surface area contributed by atoms with Gasteiger partial charge in [0.2, 0.25) is 5.91 Å². The lowest BCUT2D eigenvalue weighted by atomic mass is 9.95. The molecule has 2 aromatic rings. The van der Waals surface area contributed by atoms with Crippen LogP contribution >= 0.6 is 11.3 Å². The van der Waals surface area contributed by atoms with Crippen molar-refractivity contribution in [3.8, 4) is 0 Å². The van der Waals surface area contributed by atoms with E-state index in [2.05, 4.69) is 52.0 Å². The topological polar surface area (TPSA) is 32.3 Å². The zero-order valence-electron chi connectivity index (χ0n) is 14.0. The van der Waals surface area contributed by atoms with Crippen LogP contribution in [0.5, 0.6) is 0 Å². The summed E-state index contributed by atoms with van der Waals surface area (Å²) in [6.07, 6.45) is 1.07. The Hall–Kier alpha value is -1.81. The highest BCUT2D eigenvalue weighted by Gasteiger charge is 2.29. The highest BCUT2D eigenvalue weighted by molar-refractivity contribution is 7.10. The predicted octanol–water partition coefficient (Wildman–Crippen LogP) is 4.01. The molecule has 1 aliphatic rings. The van der Waals surface area contributed by atoms with Crippen LogP contribution in [-0.2, 0) is 11.2 Å². The molecular weight excluding hydrogens is 304 g/mol. The van der Waals surface area contributed by atoms with Crippen LogP contribution in [0.2, 0.25) is 0 Å². The molecule has 0 saturated heterocycles. The van der Waals surface area contributed by atoms with Gasteiger partial charge in [0.1, 0.15) is 0 Å². The number of nitrogens with one attached hydrogen (secondary N) is 1. The lowest BCUT2D eigenvalue weighted by Gasteiger charge is -2.31. The predicted molar refractivity (Wildman–Crippen MR) is 97.0 cm³/mol. The molecular formula is C19H24N2OS. The largest absolute Gasteiger partial charge is 0.361 e. The van der Waals surface area contributed by atoms with E-state index in [0.29, 0.717) is 6.54 Å². The molecule has 0 saturated carbocycles. The number of hydrogen-bond donors (Lipinski definition) is 1. The van der Waals surface area contributed by atoms with Crippen molar-refractivity contribution in [2.24, 2.45) is 5.41 Å². The number of rotatable bonds is 4. The fourth-order valence-corrected chi connectivity index (χ4v) is 3.83. The van der Waals surface area contributed by atoms with Crippen LogP contribution in [0.25, 0.3) is 0 Å². The molecule has 1 aromatic carbocycles. The number of hydrogen-bond acceptors (Lipinski definition) is 3. The Morgan fingerprint density at radius 1 is 1.26 bits per heavy atom. The van der Waals surface area contributed by atoms with E-state index >= 15 is 0 Å². The van der Waals surface area contributed by atoms with Gasteiger partial charge < -0.3 is 10.2 Å². The number of thiophene rings is 1. The molecule has 23 heavy (non-hydrogen) atoms. The molecule has 0 spiro atoms. The normalized spacial score (nSPS) is 15.3. The lowest BCUT2D eigenvalue weighted by Crippen LogP contribution is -2.41. The molecule has 0 fully saturated rings. The number of anilines is 1. The molecule has 0 radical (unpaired) electrons. The first-order valence-corrected chi connectivity index (χ1v) is 9.01. The number of carbonyl (C=O) groups is 1. The molecule has 2 heterocycles. The van der Waals surface area contributed by atoms with Gasteiger partial charge in [-0.3, -0.25) is 4.79 Å². The van der Waals surface area contributed by atoms with Gasteiger partial charge in [-0.05, 0) is 29.5 Å². The third-order valence-corrected chi connectivity index (χ3v) is 5.28. The Bertz CT molecular complexity index is 673. The highest BCUT2D eigenvalue weighted by atomic mass is 32.1. The van der Waals surface area contributed by atoms with E-state index in [1.54, 1.807) is 11.3 Å². The molecule has 3 rings (SSSR count). The van der Waals surface area contributed by atoms with Gasteiger partial charge in [0.05, 0.1) is 6.04 Å². The summed E-state index contributed by atoms with van der Waals surface area (Å²) in [5.41, 5.74) is 2.34. The summed E-state index contributed by atoms with van der Waals surface area (Å²) in [4.78, 5) is 16.0. The molecule has 1 atom stereocenters. The number of benzene rings is 1. The second kappa shape index (κ2) is 6.36. The minimum absolute atomic E-state index is 0.103. The van der Waals surface area contributed by atoms with E-state index in [9.17, 15) is 4.79 Å². The lowest BCUT2D eigenvalue weighted by molar-refractivity contribution is -0.128. The van der Waals surface area contributed by atoms with Crippen molar-refractivity contribution >= 4 is 22.9 Å². The van der Waals surface area contributed by atoms with Gasteiger partial charge in [0, 0.05) is 29.1 Å². The van der Waals surface area contributed by atoms with E-state index in [0.717, 1.165) is 13.0 Å². The molecule has 0 bridgehead atoms. The van der Waals surface area contributed by atoms with Crippen LogP contribution < -0.4 is 10.2 Å². The first-order valence-electron chi connectivity index (χ1n) is 8.13. The van der Waals surface area contributed by atoms with Crippen molar-refractivity contribution in [1.82, 2.24) is 5.32 Å². The van der Waals surface area contributed by atoms with Gasteiger partial charge in [-0.1, -0.05) is 45.0 Å². The van der Waals surface area contributed by atoms with Crippen molar-refractivity contribution in [3.05, 3.63) is 52.2 Å². The zero-order chi connectivity index (χ0) is 16.4. The maximum absolute atomic E-state index is 12.3. The summed E-state index contributed by atoms with van der Waals surface area (Å²) in [6, 6.07) is 13.0. The highest BCUT2D eigenvalue weighted by Crippen LogP contribution is 2.36. The Morgan fingerprint density at radius 3 is 2.74 bits per heavy atom. The van der Waals surface area contributed by atoms with Gasteiger partial charge >= 0.3 is 0 Å². The average Bonchev–Trinajstić information content (AvgIpc) is 3.16. The number of fused-ring (bicyclic) bond motifs is 1. The molecule has 1 aliphatic heterocycles. The van der Waals surface area contributed by atoms with E-state index in [-0.39, 0.29) is 17.4 Å². The van der Waals surface area contributed by atoms with Crippen LogP contribution in [0.15, 0.2) is 41.8 Å². The van der Waals surface area contributed by atoms with E-state index in [1.165, 1.54) is 16.1 Å². The molecule has 1 unspecified atom stereocenters. The van der Waals surface area contributed by atoms with E-state index in [1.807, 2.05) is 20.8 Å². The third-order valence-electron chi connectivity index (χ3n) is 4.31. The Morgan fingerprint density at radius 2 is 2.04 bits per heavy atom. The van der Waals surface area contributed by atoms with Crippen LogP contribution in [0, 0.1) is 5.41 Å². The van der Waals surface area contributed by atoms with Crippen LogP contribution in [0.1, 0.15) is 37.3 Å². The molecule has 1 N–H and O–H groups in total. The minimum Gasteiger partial charge on any atom is -0.361 e. The maximum atomic E-state index is 12.3. The standard InChI is InChI=1S/C19H24N2OS/c1-19(2,3)18(22)20-13-16(17-9-6-12-23-17)21-11-10-14-7-4-5-8-15(14)21/h4-9,12,16H,10-11,13H2,1-3H3,(H,20,22). The molecule has 122 valence electrons. The summed E-state index contributed by atoms with van der Waals surface area (Å²) < 4.78 is 0. The van der Waals surface area contributed by atoms with Gasteiger partial charge in [0.15, 0.2) is 0 Å². The van der Waals surface area contributed by atoms with Gasteiger partial charge in [-0.15, -0.1) is 11.3 Å². The summed E-state index contributed by atoms with van der Waals surface area (Å²) in [5, 5.41) is 5.25. The van der Waals surface area contributed by atoms with Crippen molar-refractivity contribution in [1.29, 1.82) is 0 Å². The third kappa shape index (κ3) is 3.42. The Kier molecular flexibility index (Phi) is 4.44. The Balaban J connectivity index is 1.82. The molecule has 4 heteroatoms. The Labute approximate surface area is 142 Å². The summed E-state index contributed by atoms with van der Waals surface area (Å²) in [5.74, 6) is 0.103. The average molecular weight is 328 g/mol. The van der Waals surface area contributed by atoms with Crippen molar-refractivity contribution in [3.63, 3.8) is 0 Å². The first-order chi connectivity index (χ1) is 11.0. The maximum Gasteiger partial charge on any atom is 0.225 e. The monoisotopic (exact) mass is 328 g/mol. The van der Waals surface area contributed by atoms with Crippen molar-refractivity contribution in [2.45, 2.75) is 33.2 Å². The van der Waals surface area contributed by atoms with Gasteiger partial charge in [-0.25, -0.2) is 0 Å². The SMILES string of the molecule is CC(C)(C)C(=O)NCC(c1cccs1)N1CCc2ccccc21. The van der Waals surface area contributed by atoms with Gasteiger partial charge in [-0.2, -0.15) is 0 Å². The molecule has 1 aromatic heterocycles. The van der Waals surface area contributed by atoms with Gasteiger partial charge in [0.25, 0.3) is 0 Å². The van der Waals surface area contributed by atoms with E-state index in [4.69, 9.17) is 0 Å². The first kappa shape index (κ1) is 16.1. The number of nitrogens with zero attached hydrogens (tertiary/aromatic N) is 1. The smallest absolute Gasteiger partial charge is 0.225 e. The summed E-state index contributed by atoms with van der Waals surface area (Å²) >= 11 is 1.76. The van der Waals surface area contributed by atoms with Crippen molar-refractivity contribution < 1.29 is 4.79 Å².